The first kappa shape index (κ1) is 18.7. The highest BCUT2D eigenvalue weighted by Gasteiger charge is 2.04. The van der Waals surface area contributed by atoms with Gasteiger partial charge in [0.1, 0.15) is 0 Å². The van der Waals surface area contributed by atoms with Gasteiger partial charge < -0.3 is 0 Å². The Bertz CT molecular complexity index is 226. The van der Waals surface area contributed by atoms with Crippen LogP contribution in [0.1, 0.15) is 96.8 Å². The summed E-state index contributed by atoms with van der Waals surface area (Å²) in [6, 6.07) is 0. The number of unbranched alkanes of at least 4 members (excludes halogenated alkanes) is 13. The minimum Gasteiger partial charge on any atom is -0.296 e. The van der Waals surface area contributed by atoms with Gasteiger partial charge in [0.25, 0.3) is 0 Å². The summed E-state index contributed by atoms with van der Waals surface area (Å²) in [6.07, 6.45) is 25.0. The molecule has 0 saturated carbocycles. The third-order valence-electron chi connectivity index (χ3n) is 4.72. The predicted molar refractivity (Wildman–Crippen MR) is 95.9 cm³/mol. The van der Waals surface area contributed by atoms with Crippen molar-refractivity contribution in [1.82, 2.24) is 4.90 Å². The molecule has 1 aliphatic rings. The molecule has 0 aliphatic carbocycles. The van der Waals surface area contributed by atoms with Crippen molar-refractivity contribution in [3.05, 3.63) is 12.2 Å². The second-order valence-electron chi connectivity index (χ2n) is 6.83. The maximum Gasteiger partial charge on any atom is 0.0166 e. The summed E-state index contributed by atoms with van der Waals surface area (Å²) in [6.45, 7) is 5.99. The molecule has 1 rings (SSSR count). The lowest BCUT2D eigenvalue weighted by molar-refractivity contribution is 0.340. The highest BCUT2D eigenvalue weighted by Crippen LogP contribution is 2.13. The summed E-state index contributed by atoms with van der Waals surface area (Å²) in [5.74, 6) is 0. The zero-order chi connectivity index (χ0) is 15.0. The van der Waals surface area contributed by atoms with Crippen LogP contribution < -0.4 is 0 Å². The second-order valence-corrected chi connectivity index (χ2v) is 6.83. The fraction of sp³-hybridized carbons (Fsp3) is 0.900. The van der Waals surface area contributed by atoms with E-state index in [1.165, 1.54) is 110 Å². The van der Waals surface area contributed by atoms with Gasteiger partial charge in [0.05, 0.1) is 0 Å². The third-order valence-corrected chi connectivity index (χ3v) is 4.72. The summed E-state index contributed by atoms with van der Waals surface area (Å²) in [7, 11) is 0. The second kappa shape index (κ2) is 14.6. The molecule has 1 nitrogen and oxygen atoms in total. The maximum atomic E-state index is 2.54. The summed E-state index contributed by atoms with van der Waals surface area (Å²) < 4.78 is 0. The van der Waals surface area contributed by atoms with Gasteiger partial charge in [-0.15, -0.1) is 0 Å². The highest BCUT2D eigenvalue weighted by atomic mass is 15.1. The Balaban J connectivity index is 1.65. The molecule has 0 unspecified atom stereocenters. The molecule has 0 saturated heterocycles. The number of nitrogens with zero attached hydrogens (tertiary/aromatic N) is 1. The maximum absolute atomic E-state index is 2.54. The molecule has 0 spiro atoms. The lowest BCUT2D eigenvalue weighted by Crippen LogP contribution is -2.20. The van der Waals surface area contributed by atoms with Crippen LogP contribution in [0.2, 0.25) is 0 Å². The van der Waals surface area contributed by atoms with Crippen LogP contribution in [0.5, 0.6) is 0 Å². The fourth-order valence-corrected chi connectivity index (χ4v) is 3.23. The molecule has 0 aromatic rings. The average Bonchev–Trinajstić information content (AvgIpc) is 3.01. The van der Waals surface area contributed by atoms with Crippen molar-refractivity contribution in [1.29, 1.82) is 0 Å². The van der Waals surface area contributed by atoms with Gasteiger partial charge in [-0.1, -0.05) is 103 Å². The summed E-state index contributed by atoms with van der Waals surface area (Å²) in [5, 5.41) is 0. The smallest absolute Gasteiger partial charge is 0.0166 e. The van der Waals surface area contributed by atoms with E-state index in [1.807, 2.05) is 0 Å². The van der Waals surface area contributed by atoms with Crippen LogP contribution in [-0.4, -0.2) is 24.5 Å². The third kappa shape index (κ3) is 12.0. The van der Waals surface area contributed by atoms with Crippen molar-refractivity contribution in [2.24, 2.45) is 0 Å². The first-order valence-electron chi connectivity index (χ1n) is 9.81. The SMILES string of the molecule is CCCCCCCCCCCCCCCCN1CC=CC1. The van der Waals surface area contributed by atoms with Crippen LogP contribution in [0.25, 0.3) is 0 Å². The van der Waals surface area contributed by atoms with Crippen molar-refractivity contribution in [2.45, 2.75) is 96.8 Å². The van der Waals surface area contributed by atoms with Gasteiger partial charge in [-0.3, -0.25) is 4.90 Å². The standard InChI is InChI=1S/C20H39N/c1-2-3-4-5-6-7-8-9-10-11-12-13-14-15-18-21-19-16-17-20-21/h16-17H,2-15,18-20H2,1H3. The molecule has 0 amide bonds. The summed E-state index contributed by atoms with van der Waals surface area (Å²) in [5.41, 5.74) is 0. The lowest BCUT2D eigenvalue weighted by atomic mass is 10.0. The molecule has 1 aliphatic heterocycles. The van der Waals surface area contributed by atoms with Gasteiger partial charge in [-0.05, 0) is 13.0 Å². The largest absolute Gasteiger partial charge is 0.296 e. The van der Waals surface area contributed by atoms with Crippen LogP contribution in [0.4, 0.5) is 0 Å². The molecule has 21 heavy (non-hydrogen) atoms. The highest BCUT2D eigenvalue weighted by molar-refractivity contribution is 4.94. The van der Waals surface area contributed by atoms with E-state index in [9.17, 15) is 0 Å². The molecule has 0 radical (unpaired) electrons. The van der Waals surface area contributed by atoms with Gasteiger partial charge in [0.15, 0.2) is 0 Å². The van der Waals surface area contributed by atoms with Crippen molar-refractivity contribution >= 4 is 0 Å². The normalized spacial score (nSPS) is 15.1. The average molecular weight is 294 g/mol. The fourth-order valence-electron chi connectivity index (χ4n) is 3.23. The van der Waals surface area contributed by atoms with Gasteiger partial charge in [0, 0.05) is 13.1 Å². The lowest BCUT2D eigenvalue weighted by Gasteiger charge is -2.13. The Labute approximate surface area is 134 Å². The minimum absolute atomic E-state index is 1.19. The molecule has 0 aromatic carbocycles. The number of hydrogen-bond donors (Lipinski definition) is 0. The number of rotatable bonds is 15. The Kier molecular flexibility index (Phi) is 13.1. The van der Waals surface area contributed by atoms with Crippen molar-refractivity contribution in [3.63, 3.8) is 0 Å². The van der Waals surface area contributed by atoms with E-state index in [0.29, 0.717) is 0 Å². The van der Waals surface area contributed by atoms with E-state index < -0.39 is 0 Å². The van der Waals surface area contributed by atoms with Gasteiger partial charge >= 0.3 is 0 Å². The molecular weight excluding hydrogens is 254 g/mol. The van der Waals surface area contributed by atoms with Crippen molar-refractivity contribution < 1.29 is 0 Å². The van der Waals surface area contributed by atoms with E-state index in [0.717, 1.165) is 0 Å². The monoisotopic (exact) mass is 293 g/mol. The molecular formula is C20H39N. The van der Waals surface area contributed by atoms with Gasteiger partial charge in [0.2, 0.25) is 0 Å². The van der Waals surface area contributed by atoms with Crippen LogP contribution >= 0.6 is 0 Å². The van der Waals surface area contributed by atoms with E-state index in [-0.39, 0.29) is 0 Å². The van der Waals surface area contributed by atoms with Crippen LogP contribution in [0.3, 0.4) is 0 Å². The molecule has 1 heterocycles. The Hall–Kier alpha value is -0.300. The van der Waals surface area contributed by atoms with E-state index in [2.05, 4.69) is 24.0 Å². The molecule has 124 valence electrons. The zero-order valence-corrected chi connectivity index (χ0v) is 14.6. The molecule has 0 N–H and O–H groups in total. The van der Waals surface area contributed by atoms with Crippen molar-refractivity contribution in [2.75, 3.05) is 19.6 Å². The van der Waals surface area contributed by atoms with Crippen LogP contribution in [0.15, 0.2) is 12.2 Å². The first-order valence-corrected chi connectivity index (χ1v) is 9.81. The quantitative estimate of drug-likeness (QED) is 0.251. The topological polar surface area (TPSA) is 3.24 Å². The summed E-state index contributed by atoms with van der Waals surface area (Å²) in [4.78, 5) is 2.54. The van der Waals surface area contributed by atoms with Gasteiger partial charge in [-0.25, -0.2) is 0 Å². The van der Waals surface area contributed by atoms with Crippen LogP contribution in [-0.2, 0) is 0 Å². The first-order chi connectivity index (χ1) is 10.4. The number of hydrogen-bond acceptors (Lipinski definition) is 1. The molecule has 0 bridgehead atoms. The summed E-state index contributed by atoms with van der Waals surface area (Å²) >= 11 is 0. The Morgan fingerprint density at radius 3 is 1.38 bits per heavy atom. The Morgan fingerprint density at radius 2 is 0.952 bits per heavy atom. The van der Waals surface area contributed by atoms with E-state index >= 15 is 0 Å². The molecule has 0 aromatic heterocycles. The van der Waals surface area contributed by atoms with E-state index in [4.69, 9.17) is 0 Å². The van der Waals surface area contributed by atoms with Crippen molar-refractivity contribution in [3.8, 4) is 0 Å². The zero-order valence-electron chi connectivity index (χ0n) is 14.6. The molecule has 1 heteroatoms. The van der Waals surface area contributed by atoms with Crippen LogP contribution in [0, 0.1) is 0 Å². The minimum atomic E-state index is 1.19. The molecule has 0 fully saturated rings. The molecule has 0 atom stereocenters. The predicted octanol–water partition coefficient (Wildman–Crippen LogP) is 6.34. The van der Waals surface area contributed by atoms with Gasteiger partial charge in [-0.2, -0.15) is 0 Å². The Morgan fingerprint density at radius 1 is 0.571 bits per heavy atom. The van der Waals surface area contributed by atoms with E-state index in [1.54, 1.807) is 0 Å².